The number of pyridine rings is 2. The summed E-state index contributed by atoms with van der Waals surface area (Å²) in [6, 6.07) is 24.9. The molecule has 0 aliphatic heterocycles. The van der Waals surface area contributed by atoms with E-state index in [0.717, 1.165) is 85.4 Å². The fourth-order valence-corrected chi connectivity index (χ4v) is 15.3. The smallest absolute Gasteiger partial charge is 0.197 e. The second kappa shape index (κ2) is 11.6. The van der Waals surface area contributed by atoms with Gasteiger partial charge in [-0.15, -0.1) is 0 Å². The van der Waals surface area contributed by atoms with Gasteiger partial charge < -0.3 is 4.40 Å². The molecule has 57 heavy (non-hydrogen) atoms. The van der Waals surface area contributed by atoms with E-state index in [0.29, 0.717) is 16.7 Å². The fraction of sp³-hybridized carbons (Fsp3) is 0.519. The van der Waals surface area contributed by atoms with E-state index < -0.39 is 0 Å². The zero-order valence-corrected chi connectivity index (χ0v) is 35.0. The van der Waals surface area contributed by atoms with Crippen LogP contribution in [0.25, 0.3) is 49.2 Å². The van der Waals surface area contributed by atoms with Crippen molar-refractivity contribution in [3.05, 3.63) is 109 Å². The minimum Gasteiger partial charge on any atom is -0.308 e. The van der Waals surface area contributed by atoms with Gasteiger partial charge in [0.25, 0.3) is 0 Å². The molecule has 0 atom stereocenters. The Bertz CT molecular complexity index is 2620. The van der Waals surface area contributed by atoms with Gasteiger partial charge in [-0.25, -0.2) is 0 Å². The maximum absolute atomic E-state index is 15.3. The van der Waals surface area contributed by atoms with Gasteiger partial charge in [0, 0.05) is 21.5 Å². The quantitative estimate of drug-likeness (QED) is 0.133. The van der Waals surface area contributed by atoms with Crippen LogP contribution in [0.1, 0.15) is 140 Å². The first-order valence-corrected chi connectivity index (χ1v) is 22.7. The maximum atomic E-state index is 15.3. The van der Waals surface area contributed by atoms with Crippen molar-refractivity contribution >= 4 is 38.1 Å². The van der Waals surface area contributed by atoms with E-state index in [4.69, 9.17) is 0 Å². The number of hydrogen-bond donors (Lipinski definition) is 0. The molecular formula is C54H59NO2. The molecule has 8 saturated carbocycles. The molecule has 4 aromatic carbocycles. The van der Waals surface area contributed by atoms with Crippen LogP contribution in [0.5, 0.6) is 0 Å². The van der Waals surface area contributed by atoms with Crippen LogP contribution in [0.2, 0.25) is 0 Å². The van der Waals surface area contributed by atoms with Crippen LogP contribution in [0.4, 0.5) is 0 Å². The number of aromatic nitrogens is 1. The van der Waals surface area contributed by atoms with Crippen molar-refractivity contribution in [2.45, 2.75) is 134 Å². The van der Waals surface area contributed by atoms with Crippen LogP contribution in [-0.4, -0.2) is 4.40 Å². The Morgan fingerprint density at radius 1 is 0.544 bits per heavy atom. The first-order valence-electron chi connectivity index (χ1n) is 22.7. The predicted molar refractivity (Wildman–Crippen MR) is 236 cm³/mol. The van der Waals surface area contributed by atoms with Gasteiger partial charge in [-0.2, -0.15) is 0 Å². The summed E-state index contributed by atoms with van der Waals surface area (Å²) in [5.74, 6) is 6.35. The average Bonchev–Trinajstić information content (AvgIpc) is 3.15. The Kier molecular flexibility index (Phi) is 7.13. The zero-order valence-electron chi connectivity index (χ0n) is 35.0. The molecule has 8 aliphatic rings. The summed E-state index contributed by atoms with van der Waals surface area (Å²) in [7, 11) is 0. The molecule has 2 heterocycles. The largest absolute Gasteiger partial charge is 0.308 e. The number of rotatable bonds is 3. The van der Waals surface area contributed by atoms with Crippen molar-refractivity contribution in [3.63, 3.8) is 0 Å². The van der Waals surface area contributed by atoms with Crippen LogP contribution in [0.15, 0.2) is 76.3 Å². The molecular weight excluding hydrogens is 695 g/mol. The Morgan fingerprint density at radius 2 is 1.02 bits per heavy atom. The molecule has 0 radical (unpaired) electrons. The lowest BCUT2D eigenvalue weighted by Gasteiger charge is -2.58. The molecule has 3 nitrogen and oxygen atoms in total. The summed E-state index contributed by atoms with van der Waals surface area (Å²) in [5.41, 5.74) is 10.5. The summed E-state index contributed by atoms with van der Waals surface area (Å²) in [6.45, 7) is 13.3. The molecule has 8 fully saturated rings. The Labute approximate surface area is 337 Å². The summed E-state index contributed by atoms with van der Waals surface area (Å²) in [5, 5.41) is 2.87. The summed E-state index contributed by atoms with van der Waals surface area (Å²) in [6.07, 6.45) is 15.1. The lowest BCUT2D eigenvalue weighted by atomic mass is 9.46. The van der Waals surface area contributed by atoms with E-state index in [1.165, 1.54) is 76.2 Å². The maximum Gasteiger partial charge on any atom is 0.197 e. The molecule has 3 heteroatoms. The molecule has 292 valence electrons. The van der Waals surface area contributed by atoms with E-state index in [9.17, 15) is 0 Å². The minimum atomic E-state index is -0.107. The highest BCUT2D eigenvalue weighted by molar-refractivity contribution is 6.10. The van der Waals surface area contributed by atoms with E-state index in [-0.39, 0.29) is 27.1 Å². The van der Waals surface area contributed by atoms with Crippen LogP contribution >= 0.6 is 0 Å². The molecule has 0 saturated heterocycles. The molecule has 8 aliphatic carbocycles. The number of nitrogens with zero attached hydrogens (tertiary/aromatic N) is 1. The van der Waals surface area contributed by atoms with Crippen molar-refractivity contribution in [3.8, 4) is 11.1 Å². The van der Waals surface area contributed by atoms with Crippen LogP contribution in [0.3, 0.4) is 0 Å². The van der Waals surface area contributed by atoms with E-state index in [1.807, 2.05) is 0 Å². The summed E-state index contributed by atoms with van der Waals surface area (Å²) >= 11 is 0. The van der Waals surface area contributed by atoms with Crippen LogP contribution in [-0.2, 0) is 16.2 Å². The highest BCUT2D eigenvalue weighted by Crippen LogP contribution is 2.65. The minimum absolute atomic E-state index is 0.0523. The molecule has 14 rings (SSSR count). The Hall–Kier alpha value is -3.98. The third-order valence-corrected chi connectivity index (χ3v) is 17.1. The van der Waals surface area contributed by atoms with Crippen molar-refractivity contribution in [2.24, 2.45) is 41.4 Å². The van der Waals surface area contributed by atoms with Gasteiger partial charge in [0.2, 0.25) is 0 Å². The molecule has 0 amide bonds. The monoisotopic (exact) mass is 753 g/mol. The third kappa shape index (κ3) is 5.02. The summed E-state index contributed by atoms with van der Waals surface area (Å²) < 4.78 is 2.27. The Morgan fingerprint density at radius 3 is 1.49 bits per heavy atom. The Balaban J connectivity index is 1.20. The highest BCUT2D eigenvalue weighted by Gasteiger charge is 2.54. The molecule has 0 unspecified atom stereocenters. The standard InChI is InChI=1S/C54H59NO2/c1-52(2,3)37-10-12-45-40(24-37)50(56)42-22-36(23-43-49(42)55(45)46-13-11-38(53(4,5)6)25-41(46)51(43)57)48-39(47-34-18-29-14-30(20-34)21-35(47)19-29)8-7-9-44(48)54-26-31-15-32(27-54)17-33(16-31)28-54/h7-13,22-25,29-35,47H,14-21,26-28H2,1-6H3. The first kappa shape index (κ1) is 35.0. The average molecular weight is 754 g/mol. The predicted octanol–water partition coefficient (Wildman–Crippen LogP) is 12.8. The van der Waals surface area contributed by atoms with E-state index >= 15 is 9.59 Å². The highest BCUT2D eigenvalue weighted by atomic mass is 16.1. The van der Waals surface area contributed by atoms with Crippen LogP contribution in [0, 0.1) is 41.4 Å². The van der Waals surface area contributed by atoms with Gasteiger partial charge in [-0.05, 0) is 204 Å². The van der Waals surface area contributed by atoms with E-state index in [1.54, 1.807) is 11.1 Å². The van der Waals surface area contributed by atoms with Crippen molar-refractivity contribution in [1.82, 2.24) is 4.40 Å². The fourth-order valence-electron chi connectivity index (χ4n) is 15.3. The molecule has 0 N–H and O–H groups in total. The lowest BCUT2D eigenvalue weighted by molar-refractivity contribution is -0.00661. The van der Waals surface area contributed by atoms with Gasteiger partial charge in [0.15, 0.2) is 10.9 Å². The lowest BCUT2D eigenvalue weighted by Crippen LogP contribution is -2.49. The topological polar surface area (TPSA) is 38.5 Å². The molecule has 0 spiro atoms. The molecule has 8 bridgehead atoms. The van der Waals surface area contributed by atoms with Crippen molar-refractivity contribution < 1.29 is 0 Å². The van der Waals surface area contributed by atoms with Gasteiger partial charge in [0.05, 0.1) is 16.6 Å². The van der Waals surface area contributed by atoms with E-state index in [2.05, 4.69) is 113 Å². The number of benzene rings is 4. The first-order chi connectivity index (χ1) is 27.2. The number of fused-ring (bicyclic) bond motifs is 4. The third-order valence-electron chi connectivity index (χ3n) is 17.1. The number of hydrogen-bond acceptors (Lipinski definition) is 2. The van der Waals surface area contributed by atoms with Crippen LogP contribution < -0.4 is 10.9 Å². The second-order valence-corrected chi connectivity index (χ2v) is 22.8. The van der Waals surface area contributed by atoms with Crippen molar-refractivity contribution in [2.75, 3.05) is 0 Å². The summed E-state index contributed by atoms with van der Waals surface area (Å²) in [4.78, 5) is 30.5. The normalized spacial score (nSPS) is 31.8. The molecule has 2 aromatic heterocycles. The van der Waals surface area contributed by atoms with Gasteiger partial charge in [-0.3, -0.25) is 9.59 Å². The second-order valence-electron chi connectivity index (χ2n) is 22.8. The zero-order chi connectivity index (χ0) is 38.9. The molecule has 6 aromatic rings. The SMILES string of the molecule is CC(C)(C)c1ccc2c(c1)c(=O)c1cc(-c3c(C4C5CC6CC(C5)CC4C6)cccc3C34CC5CC(CC(C5)C3)C4)cc3c(=O)c4cc(C(C)(C)C)ccc4n2c13. The van der Waals surface area contributed by atoms with Crippen molar-refractivity contribution in [1.29, 1.82) is 0 Å². The van der Waals surface area contributed by atoms with Gasteiger partial charge in [-0.1, -0.05) is 71.9 Å². The van der Waals surface area contributed by atoms with Gasteiger partial charge >= 0.3 is 0 Å². The van der Waals surface area contributed by atoms with Gasteiger partial charge in [0.1, 0.15) is 0 Å².